The Morgan fingerprint density at radius 3 is 2.44 bits per heavy atom. The molecule has 170 valence electrons. The maximum atomic E-state index is 12.7. The lowest BCUT2D eigenvalue weighted by atomic mass is 10.00. The summed E-state index contributed by atoms with van der Waals surface area (Å²) < 4.78 is 38.0. The van der Waals surface area contributed by atoms with Gasteiger partial charge in [-0.15, -0.1) is 0 Å². The third kappa shape index (κ3) is 4.77. The predicted octanol–water partition coefficient (Wildman–Crippen LogP) is -0.344. The molecule has 0 aliphatic carbocycles. The fraction of sp³-hybridized carbons (Fsp3) is 0.316. The van der Waals surface area contributed by atoms with Gasteiger partial charge >= 0.3 is 6.18 Å². The van der Waals surface area contributed by atoms with Crippen LogP contribution in [0.4, 0.5) is 18.0 Å². The summed E-state index contributed by atoms with van der Waals surface area (Å²) in [6.45, 7) is -0.339. The van der Waals surface area contributed by atoms with Crippen molar-refractivity contribution in [3.63, 3.8) is 0 Å². The summed E-state index contributed by atoms with van der Waals surface area (Å²) in [5, 5.41) is 23.5. The number of nitrogens with one attached hydrogen (secondary N) is 1. The number of aliphatic hydroxyl groups is 1. The summed E-state index contributed by atoms with van der Waals surface area (Å²) >= 11 is 0. The van der Waals surface area contributed by atoms with E-state index in [0.29, 0.717) is 10.5 Å². The Balaban J connectivity index is 1.83. The number of carbonyl (C=O) groups excluding carboxylic acids is 3. The fourth-order valence-corrected chi connectivity index (χ4v) is 3.37. The predicted molar refractivity (Wildman–Crippen MR) is 99.3 cm³/mol. The van der Waals surface area contributed by atoms with Crippen LogP contribution in [0, 0.1) is 0 Å². The van der Waals surface area contributed by atoms with E-state index >= 15 is 0 Å². The molecule has 0 bridgehead atoms. The zero-order chi connectivity index (χ0) is 23.6. The van der Waals surface area contributed by atoms with Crippen LogP contribution in [0.2, 0.25) is 0 Å². The molecule has 4 N–H and O–H groups in total. The molecule has 10 nitrogen and oxygen atoms in total. The van der Waals surface area contributed by atoms with Crippen molar-refractivity contribution in [1.29, 1.82) is 0 Å². The summed E-state index contributed by atoms with van der Waals surface area (Å²) in [5.74, 6) is -2.94. The van der Waals surface area contributed by atoms with Crippen molar-refractivity contribution in [3.8, 4) is 11.1 Å². The van der Waals surface area contributed by atoms with E-state index in [1.54, 1.807) is 0 Å². The molecule has 32 heavy (non-hydrogen) atoms. The summed E-state index contributed by atoms with van der Waals surface area (Å²) in [4.78, 5) is 42.6. The SMILES string of the molecule is NC(=O)c1ccc(-c2cnc(C(F)(F)F)nc2)cc1CNC(=O)[C@@H]1[C@H](O)CCN1C(=O)[O-]. The van der Waals surface area contributed by atoms with Gasteiger partial charge in [0.05, 0.1) is 6.10 Å². The highest BCUT2D eigenvalue weighted by Crippen LogP contribution is 2.28. The van der Waals surface area contributed by atoms with Crippen molar-refractivity contribution in [3.05, 3.63) is 47.5 Å². The second kappa shape index (κ2) is 8.78. The average Bonchev–Trinajstić information content (AvgIpc) is 3.13. The first-order valence-electron chi connectivity index (χ1n) is 9.24. The van der Waals surface area contributed by atoms with Gasteiger partial charge in [0.1, 0.15) is 12.1 Å². The van der Waals surface area contributed by atoms with Gasteiger partial charge < -0.3 is 31.0 Å². The zero-order valence-electron chi connectivity index (χ0n) is 16.3. The van der Waals surface area contributed by atoms with Crippen molar-refractivity contribution >= 4 is 17.9 Å². The standard InChI is InChI=1S/C19H18F3N5O5/c20-19(21,22)17-25-7-11(8-26-17)9-1-2-12(15(23)29)10(5-9)6-24-16(30)14-13(28)3-4-27(14)18(31)32/h1-2,5,7-8,13-14,28H,3-4,6H2,(H2,23,29)(H,24,30)(H,31,32)/p-1/t13-,14+/m1/s1. The minimum Gasteiger partial charge on any atom is -0.530 e. The minimum absolute atomic E-state index is 0.0330. The van der Waals surface area contributed by atoms with Crippen molar-refractivity contribution in [1.82, 2.24) is 20.2 Å². The maximum absolute atomic E-state index is 12.7. The second-order valence-electron chi connectivity index (χ2n) is 7.01. The molecule has 1 fully saturated rings. The van der Waals surface area contributed by atoms with Crippen LogP contribution in [-0.2, 0) is 17.5 Å². The Bertz CT molecular complexity index is 1040. The lowest BCUT2D eigenvalue weighted by Gasteiger charge is -2.27. The molecule has 13 heteroatoms. The largest absolute Gasteiger partial charge is 0.530 e. The number of hydrogen-bond donors (Lipinski definition) is 3. The summed E-state index contributed by atoms with van der Waals surface area (Å²) in [5.41, 5.74) is 6.17. The molecule has 1 saturated heterocycles. The third-order valence-electron chi connectivity index (χ3n) is 4.93. The van der Waals surface area contributed by atoms with E-state index in [2.05, 4.69) is 15.3 Å². The van der Waals surface area contributed by atoms with Crippen molar-refractivity contribution < 1.29 is 37.8 Å². The molecular formula is C19H17F3N5O5-. The Kier molecular flexibility index (Phi) is 6.30. The molecule has 0 radical (unpaired) electrons. The number of halogens is 3. The van der Waals surface area contributed by atoms with E-state index in [4.69, 9.17) is 5.73 Å². The van der Waals surface area contributed by atoms with Crippen LogP contribution < -0.4 is 16.2 Å². The number of rotatable bonds is 5. The number of carboxylic acid groups (broad SMARTS) is 1. The third-order valence-corrected chi connectivity index (χ3v) is 4.93. The van der Waals surface area contributed by atoms with E-state index in [1.165, 1.54) is 18.2 Å². The van der Waals surface area contributed by atoms with Crippen LogP contribution in [0.5, 0.6) is 0 Å². The van der Waals surface area contributed by atoms with Gasteiger partial charge in [-0.3, -0.25) is 9.59 Å². The first-order chi connectivity index (χ1) is 15.0. The number of amides is 3. The molecule has 1 aromatic heterocycles. The number of likely N-dealkylation sites (tertiary alicyclic amines) is 1. The maximum Gasteiger partial charge on any atom is 0.451 e. The number of hydrogen-bond acceptors (Lipinski definition) is 7. The van der Waals surface area contributed by atoms with Crippen LogP contribution in [0.1, 0.15) is 28.2 Å². The monoisotopic (exact) mass is 452 g/mol. The highest BCUT2D eigenvalue weighted by molar-refractivity contribution is 5.95. The molecule has 0 unspecified atom stereocenters. The van der Waals surface area contributed by atoms with Gasteiger partial charge in [0.2, 0.25) is 17.6 Å². The first kappa shape index (κ1) is 22.9. The number of aromatic nitrogens is 2. The van der Waals surface area contributed by atoms with Crippen LogP contribution in [-0.4, -0.2) is 56.6 Å². The lowest BCUT2D eigenvalue weighted by Crippen LogP contribution is -2.53. The molecule has 1 aliphatic rings. The van der Waals surface area contributed by atoms with Crippen LogP contribution in [0.25, 0.3) is 11.1 Å². The number of benzene rings is 1. The van der Waals surface area contributed by atoms with Crippen LogP contribution >= 0.6 is 0 Å². The lowest BCUT2D eigenvalue weighted by molar-refractivity contribution is -0.266. The quantitative estimate of drug-likeness (QED) is 0.559. The van der Waals surface area contributed by atoms with E-state index in [0.717, 1.165) is 12.4 Å². The molecule has 0 saturated carbocycles. The van der Waals surface area contributed by atoms with Gasteiger partial charge in [0.25, 0.3) is 0 Å². The van der Waals surface area contributed by atoms with E-state index < -0.39 is 42.1 Å². The number of primary amides is 1. The van der Waals surface area contributed by atoms with Gasteiger partial charge in [-0.1, -0.05) is 6.07 Å². The summed E-state index contributed by atoms with van der Waals surface area (Å²) in [6.07, 6.45) is -5.55. The summed E-state index contributed by atoms with van der Waals surface area (Å²) in [6, 6.07) is 2.79. The van der Waals surface area contributed by atoms with Crippen LogP contribution in [0.3, 0.4) is 0 Å². The van der Waals surface area contributed by atoms with Crippen molar-refractivity contribution in [2.45, 2.75) is 31.3 Å². The number of alkyl halides is 3. The number of carbonyl (C=O) groups is 3. The Labute approximate surface area is 178 Å². The molecule has 0 spiro atoms. The van der Waals surface area contributed by atoms with Gasteiger partial charge in [-0.05, 0) is 29.7 Å². The van der Waals surface area contributed by atoms with Gasteiger partial charge in [0, 0.05) is 36.6 Å². The van der Waals surface area contributed by atoms with E-state index in [1.807, 2.05) is 0 Å². The highest BCUT2D eigenvalue weighted by atomic mass is 19.4. The van der Waals surface area contributed by atoms with Gasteiger partial charge in [0.15, 0.2) is 0 Å². The van der Waals surface area contributed by atoms with Gasteiger partial charge in [-0.2, -0.15) is 13.2 Å². The molecular weight excluding hydrogens is 435 g/mol. The zero-order valence-corrected chi connectivity index (χ0v) is 16.3. The molecule has 3 rings (SSSR count). The number of aliphatic hydroxyl groups excluding tert-OH is 1. The van der Waals surface area contributed by atoms with Gasteiger partial charge in [-0.25, -0.2) is 9.97 Å². The van der Waals surface area contributed by atoms with Crippen molar-refractivity contribution in [2.24, 2.45) is 5.73 Å². The van der Waals surface area contributed by atoms with E-state index in [9.17, 15) is 37.8 Å². The van der Waals surface area contributed by atoms with E-state index in [-0.39, 0.29) is 36.2 Å². The molecule has 2 aromatic rings. The molecule has 1 aromatic carbocycles. The minimum atomic E-state index is -4.70. The fourth-order valence-electron chi connectivity index (χ4n) is 3.37. The second-order valence-corrected chi connectivity index (χ2v) is 7.01. The molecule has 2 atom stereocenters. The number of nitrogens with two attached hydrogens (primary N) is 1. The van der Waals surface area contributed by atoms with Crippen LogP contribution in [0.15, 0.2) is 30.6 Å². The van der Waals surface area contributed by atoms with Crippen molar-refractivity contribution in [2.75, 3.05) is 6.54 Å². The first-order valence-corrected chi connectivity index (χ1v) is 9.24. The average molecular weight is 452 g/mol. The molecule has 2 heterocycles. The molecule has 3 amide bonds. The topological polar surface area (TPSA) is 162 Å². The Morgan fingerprint density at radius 2 is 1.88 bits per heavy atom. The smallest absolute Gasteiger partial charge is 0.451 e. The molecule has 1 aliphatic heterocycles. The Morgan fingerprint density at radius 1 is 1.22 bits per heavy atom. The Hall–Kier alpha value is -3.74. The highest BCUT2D eigenvalue weighted by Gasteiger charge is 2.38. The number of nitrogens with zero attached hydrogens (tertiary/aromatic N) is 3. The normalized spacial score (nSPS) is 18.4. The summed E-state index contributed by atoms with van der Waals surface area (Å²) in [7, 11) is 0.